The Bertz CT molecular complexity index is 629. The highest BCUT2D eigenvalue weighted by Gasteiger charge is 2.19. The van der Waals surface area contributed by atoms with Crippen LogP contribution in [0.2, 0.25) is 0 Å². The maximum Gasteiger partial charge on any atom is 0.352 e. The number of hydrogen-bond acceptors (Lipinski definition) is 3. The lowest BCUT2D eigenvalue weighted by atomic mass is 10.1. The summed E-state index contributed by atoms with van der Waals surface area (Å²) in [5.41, 5.74) is 0.731. The van der Waals surface area contributed by atoms with Crippen LogP contribution in [0.4, 0.5) is 0 Å². The molecule has 0 aliphatic carbocycles. The topological polar surface area (TPSA) is 99.6 Å². The van der Waals surface area contributed by atoms with E-state index in [1.807, 2.05) is 0 Å². The molecule has 18 heavy (non-hydrogen) atoms. The zero-order valence-electron chi connectivity index (χ0n) is 9.56. The molecule has 1 aromatic heterocycles. The van der Waals surface area contributed by atoms with E-state index < -0.39 is 11.9 Å². The van der Waals surface area contributed by atoms with Crippen molar-refractivity contribution in [1.82, 2.24) is 4.98 Å². The highest BCUT2D eigenvalue weighted by molar-refractivity contribution is 5.99. The number of rotatable bonds is 4. The molecule has 0 saturated carbocycles. The molecule has 0 fully saturated rings. The van der Waals surface area contributed by atoms with Crippen molar-refractivity contribution < 1.29 is 24.5 Å². The first kappa shape index (κ1) is 12.0. The Labute approximate surface area is 102 Å². The Balaban J connectivity index is 2.69. The van der Waals surface area contributed by atoms with E-state index in [4.69, 9.17) is 14.9 Å². The molecular formula is C12H11NO5. The van der Waals surface area contributed by atoms with E-state index in [1.165, 1.54) is 7.11 Å². The van der Waals surface area contributed by atoms with Crippen molar-refractivity contribution in [3.8, 4) is 5.75 Å². The molecule has 6 heteroatoms. The smallest absolute Gasteiger partial charge is 0.352 e. The summed E-state index contributed by atoms with van der Waals surface area (Å²) in [5.74, 6) is -1.72. The van der Waals surface area contributed by atoms with Crippen molar-refractivity contribution in [3.63, 3.8) is 0 Å². The molecular weight excluding hydrogens is 238 g/mol. The van der Waals surface area contributed by atoms with Gasteiger partial charge in [-0.1, -0.05) is 0 Å². The Hall–Kier alpha value is -2.50. The van der Waals surface area contributed by atoms with E-state index in [0.717, 1.165) is 0 Å². The largest absolute Gasteiger partial charge is 0.497 e. The molecule has 0 unspecified atom stereocenters. The fourth-order valence-corrected chi connectivity index (χ4v) is 1.87. The number of aromatic carboxylic acids is 1. The van der Waals surface area contributed by atoms with E-state index >= 15 is 0 Å². The molecule has 0 aliphatic heterocycles. The van der Waals surface area contributed by atoms with Crippen LogP contribution in [0.15, 0.2) is 18.2 Å². The van der Waals surface area contributed by atoms with Gasteiger partial charge in [-0.05, 0) is 18.2 Å². The predicted molar refractivity (Wildman–Crippen MR) is 63.1 cm³/mol. The molecule has 1 heterocycles. The Morgan fingerprint density at radius 1 is 1.33 bits per heavy atom. The number of ether oxygens (including phenoxy) is 1. The fraction of sp³-hybridized carbons (Fsp3) is 0.167. The molecule has 3 N–H and O–H groups in total. The number of hydrogen-bond donors (Lipinski definition) is 3. The molecule has 0 radical (unpaired) electrons. The Kier molecular flexibility index (Phi) is 2.93. The molecule has 6 nitrogen and oxygen atoms in total. The minimum atomic E-state index is -1.18. The third-order valence-electron chi connectivity index (χ3n) is 2.66. The average molecular weight is 249 g/mol. The molecule has 1 aromatic carbocycles. The first-order valence-electron chi connectivity index (χ1n) is 5.16. The number of nitrogens with one attached hydrogen (secondary N) is 1. The van der Waals surface area contributed by atoms with Crippen LogP contribution in [-0.4, -0.2) is 34.2 Å². The second-order valence-corrected chi connectivity index (χ2v) is 3.77. The minimum absolute atomic E-state index is 0.0966. The number of aromatic nitrogens is 1. The fourth-order valence-electron chi connectivity index (χ4n) is 1.87. The molecule has 0 aliphatic rings. The third kappa shape index (κ3) is 2.00. The van der Waals surface area contributed by atoms with Gasteiger partial charge >= 0.3 is 11.9 Å². The van der Waals surface area contributed by atoms with Gasteiger partial charge in [-0.15, -0.1) is 0 Å². The molecule has 2 aromatic rings. The zero-order chi connectivity index (χ0) is 13.3. The highest BCUT2D eigenvalue weighted by atomic mass is 16.5. The third-order valence-corrected chi connectivity index (χ3v) is 2.66. The summed E-state index contributed by atoms with van der Waals surface area (Å²) in [5, 5.41) is 18.4. The van der Waals surface area contributed by atoms with Crippen LogP contribution in [0.1, 0.15) is 16.1 Å². The molecule has 0 amide bonds. The summed E-state index contributed by atoms with van der Waals surface area (Å²) in [6.07, 6.45) is -0.352. The van der Waals surface area contributed by atoms with Gasteiger partial charge in [-0.25, -0.2) is 4.79 Å². The summed E-state index contributed by atoms with van der Waals surface area (Å²) in [4.78, 5) is 24.6. The number of aliphatic carboxylic acids is 1. The van der Waals surface area contributed by atoms with E-state index in [9.17, 15) is 9.59 Å². The normalized spacial score (nSPS) is 10.5. The minimum Gasteiger partial charge on any atom is -0.497 e. The summed E-state index contributed by atoms with van der Waals surface area (Å²) >= 11 is 0. The average Bonchev–Trinajstić information content (AvgIpc) is 2.67. The Morgan fingerprint density at radius 2 is 2.06 bits per heavy atom. The maximum absolute atomic E-state index is 11.1. The van der Waals surface area contributed by atoms with Crippen LogP contribution in [0, 0.1) is 0 Å². The first-order chi connectivity index (χ1) is 8.52. The first-order valence-corrected chi connectivity index (χ1v) is 5.16. The maximum atomic E-state index is 11.1. The van der Waals surface area contributed by atoms with Crippen molar-refractivity contribution in [3.05, 3.63) is 29.5 Å². The molecule has 2 rings (SSSR count). The van der Waals surface area contributed by atoms with Crippen LogP contribution >= 0.6 is 0 Å². The van der Waals surface area contributed by atoms with Gasteiger partial charge in [0.05, 0.1) is 13.5 Å². The van der Waals surface area contributed by atoms with Crippen molar-refractivity contribution in [2.75, 3.05) is 7.11 Å². The summed E-state index contributed by atoms with van der Waals surface area (Å²) in [7, 11) is 1.49. The van der Waals surface area contributed by atoms with E-state index in [1.54, 1.807) is 18.2 Å². The van der Waals surface area contributed by atoms with E-state index in [2.05, 4.69) is 4.98 Å². The highest BCUT2D eigenvalue weighted by Crippen LogP contribution is 2.27. The van der Waals surface area contributed by atoms with Gasteiger partial charge in [-0.3, -0.25) is 4.79 Å². The van der Waals surface area contributed by atoms with Crippen LogP contribution in [0.5, 0.6) is 5.75 Å². The molecule has 0 bridgehead atoms. The van der Waals surface area contributed by atoms with Gasteiger partial charge in [0.15, 0.2) is 0 Å². The van der Waals surface area contributed by atoms with Crippen LogP contribution < -0.4 is 4.74 Å². The summed E-state index contributed by atoms with van der Waals surface area (Å²) < 4.78 is 5.04. The van der Waals surface area contributed by atoms with Crippen molar-refractivity contribution in [2.24, 2.45) is 0 Å². The van der Waals surface area contributed by atoms with E-state index in [-0.39, 0.29) is 17.7 Å². The number of H-pyrrole nitrogens is 1. The van der Waals surface area contributed by atoms with Gasteiger partial charge in [0.25, 0.3) is 0 Å². The lowest BCUT2D eigenvalue weighted by molar-refractivity contribution is -0.136. The van der Waals surface area contributed by atoms with Crippen LogP contribution in [0.25, 0.3) is 10.9 Å². The van der Waals surface area contributed by atoms with Gasteiger partial charge in [0, 0.05) is 16.5 Å². The molecule has 0 spiro atoms. The number of carbonyl (C=O) groups is 2. The Morgan fingerprint density at radius 3 is 2.61 bits per heavy atom. The van der Waals surface area contributed by atoms with Gasteiger partial charge in [0.1, 0.15) is 11.4 Å². The van der Waals surface area contributed by atoms with Gasteiger partial charge in [0.2, 0.25) is 0 Å². The number of aromatic amines is 1. The number of benzene rings is 1. The molecule has 0 atom stereocenters. The summed E-state index contributed by atoms with van der Waals surface area (Å²) in [6, 6.07) is 4.96. The van der Waals surface area contributed by atoms with Crippen LogP contribution in [0.3, 0.4) is 0 Å². The number of carboxylic acid groups (broad SMARTS) is 2. The second kappa shape index (κ2) is 4.40. The van der Waals surface area contributed by atoms with Crippen molar-refractivity contribution in [1.29, 1.82) is 0 Å². The lowest BCUT2D eigenvalue weighted by Gasteiger charge is -2.00. The molecule has 94 valence electrons. The van der Waals surface area contributed by atoms with E-state index in [0.29, 0.717) is 16.7 Å². The van der Waals surface area contributed by atoms with Gasteiger partial charge < -0.3 is 19.9 Å². The predicted octanol–water partition coefficient (Wildman–Crippen LogP) is 1.50. The monoisotopic (exact) mass is 249 g/mol. The molecule has 0 saturated heterocycles. The van der Waals surface area contributed by atoms with Gasteiger partial charge in [-0.2, -0.15) is 0 Å². The zero-order valence-corrected chi connectivity index (χ0v) is 9.56. The number of fused-ring (bicyclic) bond motifs is 1. The standard InChI is InChI=1S/C12H11NO5/c1-18-6-2-3-9-7(4-6)8(5-10(14)15)11(13-9)12(16)17/h2-4,13H,5H2,1H3,(H,14,15)(H,16,17). The van der Waals surface area contributed by atoms with Crippen molar-refractivity contribution >= 4 is 22.8 Å². The van der Waals surface area contributed by atoms with Crippen molar-refractivity contribution in [2.45, 2.75) is 6.42 Å². The second-order valence-electron chi connectivity index (χ2n) is 3.77. The lowest BCUT2D eigenvalue weighted by Crippen LogP contribution is -2.06. The van der Waals surface area contributed by atoms with Crippen LogP contribution in [-0.2, 0) is 11.2 Å². The SMILES string of the molecule is COc1ccc2[nH]c(C(=O)O)c(CC(=O)O)c2c1. The number of carboxylic acids is 2. The number of methoxy groups -OCH3 is 1. The summed E-state index contributed by atoms with van der Waals surface area (Å²) in [6.45, 7) is 0. The quantitative estimate of drug-likeness (QED) is 0.762.